The van der Waals surface area contributed by atoms with Gasteiger partial charge < -0.3 is 9.80 Å². The second kappa shape index (κ2) is 8.26. The molecule has 1 amide bonds. The number of likely N-dealkylation sites (tertiary alicyclic amines) is 1. The van der Waals surface area contributed by atoms with E-state index in [1.165, 1.54) is 11.1 Å². The summed E-state index contributed by atoms with van der Waals surface area (Å²) in [6, 6.07) is 21.5. The molecule has 2 aromatic rings. The van der Waals surface area contributed by atoms with Crippen molar-refractivity contribution in [2.75, 3.05) is 26.7 Å². The first-order chi connectivity index (χ1) is 13.2. The summed E-state index contributed by atoms with van der Waals surface area (Å²) in [6.07, 6.45) is 4.15. The van der Waals surface area contributed by atoms with Gasteiger partial charge in [0.15, 0.2) is 0 Å². The molecule has 0 spiro atoms. The van der Waals surface area contributed by atoms with E-state index in [0.717, 1.165) is 45.3 Å². The molecule has 0 bridgehead atoms. The summed E-state index contributed by atoms with van der Waals surface area (Å²) in [6.45, 7) is 3.02. The first kappa shape index (κ1) is 18.2. The Kier molecular flexibility index (Phi) is 5.58. The van der Waals surface area contributed by atoms with Gasteiger partial charge in [0.05, 0.1) is 0 Å². The molecule has 142 valence electrons. The van der Waals surface area contributed by atoms with Gasteiger partial charge in [0.25, 0.3) is 0 Å². The molecule has 27 heavy (non-hydrogen) atoms. The van der Waals surface area contributed by atoms with Crippen molar-refractivity contribution in [2.24, 2.45) is 5.92 Å². The number of benzene rings is 2. The second-order valence-corrected chi connectivity index (χ2v) is 8.16. The zero-order valence-corrected chi connectivity index (χ0v) is 16.3. The molecule has 2 aliphatic rings. The standard InChI is InChI=1S/C24H30N2O/c1-25-15-13-21(14-16-25)26(17-12-19-8-4-2-5-9-19)24(27)23-18-22(23)20-10-6-3-7-11-20/h2-11,21-23H,12-18H2,1H3/t22-,23+/m0/s1. The van der Waals surface area contributed by atoms with Crippen LogP contribution in [0, 0.1) is 5.92 Å². The van der Waals surface area contributed by atoms with Crippen LogP contribution < -0.4 is 0 Å². The van der Waals surface area contributed by atoms with Crippen LogP contribution in [-0.2, 0) is 11.2 Å². The molecule has 0 radical (unpaired) electrons. The van der Waals surface area contributed by atoms with Crippen molar-refractivity contribution in [3.8, 4) is 0 Å². The molecule has 2 atom stereocenters. The highest BCUT2D eigenvalue weighted by Crippen LogP contribution is 2.48. The van der Waals surface area contributed by atoms with Crippen molar-refractivity contribution in [3.63, 3.8) is 0 Å². The first-order valence-corrected chi connectivity index (χ1v) is 10.3. The summed E-state index contributed by atoms with van der Waals surface area (Å²) < 4.78 is 0. The van der Waals surface area contributed by atoms with E-state index in [9.17, 15) is 4.79 Å². The number of rotatable bonds is 6. The Morgan fingerprint density at radius 1 is 1.00 bits per heavy atom. The molecule has 2 aromatic carbocycles. The summed E-state index contributed by atoms with van der Waals surface area (Å²) in [5.41, 5.74) is 2.64. The molecular weight excluding hydrogens is 332 g/mol. The smallest absolute Gasteiger partial charge is 0.226 e. The predicted molar refractivity (Wildman–Crippen MR) is 110 cm³/mol. The zero-order valence-electron chi connectivity index (χ0n) is 16.3. The van der Waals surface area contributed by atoms with Crippen molar-refractivity contribution >= 4 is 5.91 Å². The Bertz CT molecular complexity index is 737. The average Bonchev–Trinajstić information content (AvgIpc) is 3.52. The van der Waals surface area contributed by atoms with Crippen molar-refractivity contribution in [3.05, 3.63) is 71.8 Å². The van der Waals surface area contributed by atoms with Crippen LogP contribution in [0.15, 0.2) is 60.7 Å². The third-order valence-corrected chi connectivity index (χ3v) is 6.23. The molecule has 1 saturated heterocycles. The Balaban J connectivity index is 1.45. The lowest BCUT2D eigenvalue weighted by Gasteiger charge is -2.37. The van der Waals surface area contributed by atoms with Crippen LogP contribution >= 0.6 is 0 Å². The highest BCUT2D eigenvalue weighted by atomic mass is 16.2. The summed E-state index contributed by atoms with van der Waals surface area (Å²) in [4.78, 5) is 18.0. The third-order valence-electron chi connectivity index (χ3n) is 6.23. The lowest BCUT2D eigenvalue weighted by atomic mass is 10.0. The summed E-state index contributed by atoms with van der Waals surface area (Å²) in [7, 11) is 2.18. The van der Waals surface area contributed by atoms with E-state index in [-0.39, 0.29) is 5.92 Å². The van der Waals surface area contributed by atoms with Gasteiger partial charge in [0.1, 0.15) is 0 Å². The lowest BCUT2D eigenvalue weighted by Crippen LogP contribution is -2.48. The van der Waals surface area contributed by atoms with Crippen molar-refractivity contribution in [1.82, 2.24) is 9.80 Å². The molecule has 1 saturated carbocycles. The Morgan fingerprint density at radius 3 is 2.30 bits per heavy atom. The van der Waals surface area contributed by atoms with E-state index in [0.29, 0.717) is 17.9 Å². The van der Waals surface area contributed by atoms with Crippen molar-refractivity contribution in [2.45, 2.75) is 37.6 Å². The molecule has 1 aliphatic carbocycles. The van der Waals surface area contributed by atoms with Crippen LogP contribution in [0.3, 0.4) is 0 Å². The molecule has 1 aliphatic heterocycles. The van der Waals surface area contributed by atoms with Crippen LogP contribution in [0.1, 0.15) is 36.3 Å². The maximum atomic E-state index is 13.4. The fraction of sp³-hybridized carbons (Fsp3) is 0.458. The SMILES string of the molecule is CN1CCC(N(CCc2ccccc2)C(=O)[C@@H]2C[C@H]2c2ccccc2)CC1. The van der Waals surface area contributed by atoms with E-state index in [2.05, 4.69) is 71.4 Å². The summed E-state index contributed by atoms with van der Waals surface area (Å²) in [5, 5.41) is 0. The second-order valence-electron chi connectivity index (χ2n) is 8.16. The van der Waals surface area contributed by atoms with Crippen molar-refractivity contribution in [1.29, 1.82) is 0 Å². The van der Waals surface area contributed by atoms with Crippen LogP contribution in [0.25, 0.3) is 0 Å². The number of amides is 1. The maximum absolute atomic E-state index is 13.4. The topological polar surface area (TPSA) is 23.6 Å². The first-order valence-electron chi connectivity index (χ1n) is 10.3. The highest BCUT2D eigenvalue weighted by Gasteiger charge is 2.46. The molecule has 0 N–H and O–H groups in total. The molecule has 0 aromatic heterocycles. The molecule has 2 fully saturated rings. The summed E-state index contributed by atoms with van der Waals surface area (Å²) >= 11 is 0. The van der Waals surface area contributed by atoms with Gasteiger partial charge >= 0.3 is 0 Å². The number of hydrogen-bond acceptors (Lipinski definition) is 2. The van der Waals surface area contributed by atoms with E-state index >= 15 is 0 Å². The Morgan fingerprint density at radius 2 is 1.63 bits per heavy atom. The Hall–Kier alpha value is -2.13. The molecular formula is C24H30N2O. The van der Waals surface area contributed by atoms with Crippen LogP contribution in [-0.4, -0.2) is 48.4 Å². The van der Waals surface area contributed by atoms with Crippen LogP contribution in [0.5, 0.6) is 0 Å². The predicted octanol–water partition coefficient (Wildman–Crippen LogP) is 3.96. The highest BCUT2D eigenvalue weighted by molar-refractivity contribution is 5.83. The van der Waals surface area contributed by atoms with E-state index < -0.39 is 0 Å². The van der Waals surface area contributed by atoms with Gasteiger partial charge in [-0.25, -0.2) is 0 Å². The molecule has 4 rings (SSSR count). The van der Waals surface area contributed by atoms with Gasteiger partial charge in [-0.1, -0.05) is 60.7 Å². The van der Waals surface area contributed by atoms with Gasteiger partial charge in [-0.3, -0.25) is 4.79 Å². The Labute approximate surface area is 163 Å². The third kappa shape index (κ3) is 4.41. The van der Waals surface area contributed by atoms with Crippen molar-refractivity contribution < 1.29 is 4.79 Å². The summed E-state index contributed by atoms with van der Waals surface area (Å²) in [5.74, 6) is 0.987. The number of carbonyl (C=O) groups is 1. The van der Waals surface area contributed by atoms with Gasteiger partial charge in [-0.05, 0) is 62.9 Å². The quantitative estimate of drug-likeness (QED) is 0.777. The molecule has 0 unspecified atom stereocenters. The fourth-order valence-corrected chi connectivity index (χ4v) is 4.42. The van der Waals surface area contributed by atoms with Crippen LogP contribution in [0.2, 0.25) is 0 Å². The lowest BCUT2D eigenvalue weighted by molar-refractivity contribution is -0.136. The van der Waals surface area contributed by atoms with E-state index in [1.54, 1.807) is 0 Å². The van der Waals surface area contributed by atoms with Gasteiger partial charge in [-0.2, -0.15) is 0 Å². The fourth-order valence-electron chi connectivity index (χ4n) is 4.42. The number of carbonyl (C=O) groups excluding carboxylic acids is 1. The molecule has 3 nitrogen and oxygen atoms in total. The van der Waals surface area contributed by atoms with Gasteiger partial charge in [0.2, 0.25) is 5.91 Å². The van der Waals surface area contributed by atoms with Crippen LogP contribution in [0.4, 0.5) is 0 Å². The van der Waals surface area contributed by atoms with E-state index in [4.69, 9.17) is 0 Å². The largest absolute Gasteiger partial charge is 0.339 e. The molecule has 1 heterocycles. The normalized spacial score (nSPS) is 23.1. The maximum Gasteiger partial charge on any atom is 0.226 e. The average molecular weight is 363 g/mol. The molecule has 3 heteroatoms. The van der Waals surface area contributed by atoms with Gasteiger partial charge in [0, 0.05) is 18.5 Å². The monoisotopic (exact) mass is 362 g/mol. The minimum atomic E-state index is 0.183. The number of hydrogen-bond donors (Lipinski definition) is 0. The minimum absolute atomic E-state index is 0.183. The number of nitrogens with zero attached hydrogens (tertiary/aromatic N) is 2. The van der Waals surface area contributed by atoms with Gasteiger partial charge in [-0.15, -0.1) is 0 Å². The van der Waals surface area contributed by atoms with E-state index in [1.807, 2.05) is 6.07 Å². The zero-order chi connectivity index (χ0) is 18.6. The minimum Gasteiger partial charge on any atom is -0.339 e. The number of piperidine rings is 1.